The number of aromatic nitrogens is 2. The summed E-state index contributed by atoms with van der Waals surface area (Å²) in [5, 5.41) is 14.6. The summed E-state index contributed by atoms with van der Waals surface area (Å²) in [6, 6.07) is 4.03. The zero-order valence-electron chi connectivity index (χ0n) is 20.0. The molecule has 1 saturated heterocycles. The van der Waals surface area contributed by atoms with Crippen molar-refractivity contribution >= 4 is 11.8 Å². The van der Waals surface area contributed by atoms with E-state index in [1.54, 1.807) is 29.6 Å². The molecule has 1 amide bonds. The summed E-state index contributed by atoms with van der Waals surface area (Å²) in [5.41, 5.74) is 2.88. The smallest absolute Gasteiger partial charge is 0.414 e. The number of benzene rings is 1. The maximum Gasteiger partial charge on any atom is 0.414 e. The Labute approximate surface area is 195 Å². The van der Waals surface area contributed by atoms with Gasteiger partial charge >= 0.3 is 6.09 Å². The highest BCUT2D eigenvalue weighted by Gasteiger charge is 2.32. The number of ether oxygens (including phenoxy) is 3. The Kier molecular flexibility index (Phi) is 6.95. The Morgan fingerprint density at radius 1 is 1.27 bits per heavy atom. The third kappa shape index (κ3) is 5.33. The Morgan fingerprint density at radius 3 is 2.73 bits per heavy atom. The Balaban J connectivity index is 1.72. The van der Waals surface area contributed by atoms with E-state index in [2.05, 4.69) is 5.10 Å². The third-order valence-corrected chi connectivity index (χ3v) is 6.42. The minimum atomic E-state index is -0.862. The van der Waals surface area contributed by atoms with Crippen molar-refractivity contribution in [3.63, 3.8) is 0 Å². The lowest BCUT2D eigenvalue weighted by atomic mass is 9.92. The van der Waals surface area contributed by atoms with Crippen molar-refractivity contribution in [1.82, 2.24) is 9.78 Å². The average molecular weight is 458 g/mol. The van der Waals surface area contributed by atoms with Gasteiger partial charge in [0.15, 0.2) is 0 Å². The molecule has 33 heavy (non-hydrogen) atoms. The molecule has 1 atom stereocenters. The summed E-state index contributed by atoms with van der Waals surface area (Å²) >= 11 is 0. The molecule has 0 unspecified atom stereocenters. The van der Waals surface area contributed by atoms with E-state index in [9.17, 15) is 9.90 Å². The fourth-order valence-electron chi connectivity index (χ4n) is 4.67. The lowest BCUT2D eigenvalue weighted by Crippen LogP contribution is -2.42. The second-order valence-electron chi connectivity index (χ2n) is 9.77. The maximum atomic E-state index is 12.6. The largest absolute Gasteiger partial charge is 0.492 e. The number of anilines is 1. The van der Waals surface area contributed by atoms with Crippen LogP contribution in [0.5, 0.6) is 5.75 Å². The van der Waals surface area contributed by atoms with E-state index in [1.165, 1.54) is 7.11 Å². The van der Waals surface area contributed by atoms with E-state index in [0.29, 0.717) is 19.1 Å². The Bertz CT molecular complexity index is 975. The molecule has 1 N–H and O–H groups in total. The third-order valence-electron chi connectivity index (χ3n) is 6.42. The van der Waals surface area contributed by atoms with E-state index in [1.807, 2.05) is 25.3 Å². The van der Waals surface area contributed by atoms with Crippen LogP contribution in [0.15, 0.2) is 24.5 Å². The molecule has 3 heterocycles. The monoisotopic (exact) mass is 457 g/mol. The van der Waals surface area contributed by atoms with Gasteiger partial charge in [-0.1, -0.05) is 0 Å². The summed E-state index contributed by atoms with van der Waals surface area (Å²) in [7, 11) is 1.41. The summed E-state index contributed by atoms with van der Waals surface area (Å²) in [5.74, 6) is 1.25. The molecule has 8 heteroatoms. The maximum absolute atomic E-state index is 12.6. The summed E-state index contributed by atoms with van der Waals surface area (Å²) in [6.07, 6.45) is 7.00. The molecule has 0 bridgehead atoms. The van der Waals surface area contributed by atoms with Crippen LogP contribution in [0, 0.1) is 5.92 Å². The van der Waals surface area contributed by atoms with Crippen molar-refractivity contribution in [3.05, 3.63) is 30.1 Å². The number of nitrogens with zero attached hydrogens (tertiary/aromatic N) is 3. The van der Waals surface area contributed by atoms with E-state index in [4.69, 9.17) is 14.2 Å². The van der Waals surface area contributed by atoms with Crippen molar-refractivity contribution in [2.75, 3.05) is 31.8 Å². The minimum Gasteiger partial charge on any atom is -0.492 e. The number of aliphatic hydroxyl groups is 1. The van der Waals surface area contributed by atoms with Crippen molar-refractivity contribution in [2.24, 2.45) is 5.92 Å². The molecule has 0 radical (unpaired) electrons. The first-order chi connectivity index (χ1) is 15.8. The molecular weight excluding hydrogens is 422 g/mol. The zero-order chi connectivity index (χ0) is 23.6. The van der Waals surface area contributed by atoms with Crippen molar-refractivity contribution in [1.29, 1.82) is 0 Å². The van der Waals surface area contributed by atoms with Crippen LogP contribution in [-0.2, 0) is 22.4 Å². The lowest BCUT2D eigenvalue weighted by Gasteiger charge is -2.35. The Hall–Kier alpha value is -2.58. The fraction of sp³-hybridized carbons (Fsp3) is 0.600. The van der Waals surface area contributed by atoms with Gasteiger partial charge in [-0.2, -0.15) is 5.10 Å². The standard InChI is InChI=1S/C25H35N3O5/c1-17-5-6-21-22(28(17)24(29)31-4)8-7-20(19-13-26-27(14-19)16-25(2,3)30)23(21)33-15-18-9-11-32-12-10-18/h7-8,13-14,17-18,30H,5-6,9-12,15-16H2,1-4H3/t17-/m0/s1. The number of fused-ring (bicyclic) bond motifs is 1. The van der Waals surface area contributed by atoms with Crippen molar-refractivity contribution < 1.29 is 24.1 Å². The molecule has 1 aromatic carbocycles. The van der Waals surface area contributed by atoms with Crippen LogP contribution in [0.3, 0.4) is 0 Å². The van der Waals surface area contributed by atoms with E-state index in [-0.39, 0.29) is 12.1 Å². The summed E-state index contributed by atoms with van der Waals surface area (Å²) in [4.78, 5) is 14.3. The van der Waals surface area contributed by atoms with Gasteiger partial charge in [-0.15, -0.1) is 0 Å². The predicted molar refractivity (Wildman–Crippen MR) is 126 cm³/mol. The van der Waals surface area contributed by atoms with E-state index < -0.39 is 5.60 Å². The van der Waals surface area contributed by atoms with Crippen LogP contribution in [0.1, 0.15) is 45.6 Å². The topological polar surface area (TPSA) is 86.1 Å². The molecule has 2 aliphatic heterocycles. The normalized spacial score (nSPS) is 19.3. The molecule has 1 aromatic heterocycles. The van der Waals surface area contributed by atoms with Gasteiger partial charge in [-0.3, -0.25) is 9.58 Å². The first-order valence-corrected chi connectivity index (χ1v) is 11.8. The molecule has 180 valence electrons. The predicted octanol–water partition coefficient (Wildman–Crippen LogP) is 4.03. The fourth-order valence-corrected chi connectivity index (χ4v) is 4.67. The second kappa shape index (κ2) is 9.73. The van der Waals surface area contributed by atoms with Crippen molar-refractivity contribution in [3.8, 4) is 16.9 Å². The highest BCUT2D eigenvalue weighted by atomic mass is 16.5. The van der Waals surface area contributed by atoms with Crippen LogP contribution in [0.4, 0.5) is 10.5 Å². The quantitative estimate of drug-likeness (QED) is 0.705. The number of methoxy groups -OCH3 is 1. The number of carbonyl (C=O) groups excluding carboxylic acids is 1. The van der Waals surface area contributed by atoms with Gasteiger partial charge in [0.05, 0.1) is 37.7 Å². The van der Waals surface area contributed by atoms with Crippen LogP contribution in [-0.4, -0.2) is 59.6 Å². The van der Waals surface area contributed by atoms with Gasteiger partial charge in [0.25, 0.3) is 0 Å². The molecule has 8 nitrogen and oxygen atoms in total. The van der Waals surface area contributed by atoms with E-state index >= 15 is 0 Å². The van der Waals surface area contributed by atoms with Crippen LogP contribution < -0.4 is 9.64 Å². The van der Waals surface area contributed by atoms with Gasteiger partial charge in [-0.25, -0.2) is 4.79 Å². The SMILES string of the molecule is COC(=O)N1c2ccc(-c3cnn(CC(C)(C)O)c3)c(OCC3CCOCC3)c2CC[C@@H]1C. The number of rotatable bonds is 6. The molecule has 0 aliphatic carbocycles. The van der Waals surface area contributed by atoms with Gasteiger partial charge in [0, 0.05) is 42.1 Å². The molecule has 2 aromatic rings. The number of hydrogen-bond acceptors (Lipinski definition) is 6. The molecule has 0 spiro atoms. The number of amides is 1. The molecule has 4 rings (SSSR count). The van der Waals surface area contributed by atoms with Gasteiger partial charge in [-0.05, 0) is 64.5 Å². The Morgan fingerprint density at radius 2 is 2.03 bits per heavy atom. The number of carbonyl (C=O) groups is 1. The highest BCUT2D eigenvalue weighted by Crippen LogP contribution is 2.43. The number of hydrogen-bond donors (Lipinski definition) is 1. The molecule has 2 aliphatic rings. The van der Waals surface area contributed by atoms with Crippen LogP contribution in [0.25, 0.3) is 11.1 Å². The van der Waals surface area contributed by atoms with E-state index in [0.717, 1.165) is 67.0 Å². The summed E-state index contributed by atoms with van der Waals surface area (Å²) in [6.45, 7) is 8.10. The lowest BCUT2D eigenvalue weighted by molar-refractivity contribution is 0.0497. The van der Waals surface area contributed by atoms with Crippen molar-refractivity contribution in [2.45, 2.75) is 64.6 Å². The highest BCUT2D eigenvalue weighted by molar-refractivity contribution is 5.92. The van der Waals surface area contributed by atoms with Gasteiger partial charge in [0.1, 0.15) is 5.75 Å². The molecule has 1 fully saturated rings. The zero-order valence-corrected chi connectivity index (χ0v) is 20.0. The first-order valence-electron chi connectivity index (χ1n) is 11.8. The van der Waals surface area contributed by atoms with Crippen LogP contribution in [0.2, 0.25) is 0 Å². The second-order valence-corrected chi connectivity index (χ2v) is 9.77. The summed E-state index contributed by atoms with van der Waals surface area (Å²) < 4.78 is 18.8. The minimum absolute atomic E-state index is 0.0497. The first kappa shape index (κ1) is 23.6. The van der Waals surface area contributed by atoms with Gasteiger partial charge in [0.2, 0.25) is 0 Å². The average Bonchev–Trinajstić information content (AvgIpc) is 3.23. The van der Waals surface area contributed by atoms with Gasteiger partial charge < -0.3 is 19.3 Å². The molecule has 0 saturated carbocycles. The molecular formula is C25H35N3O5. The van der Waals surface area contributed by atoms with Crippen LogP contribution >= 0.6 is 0 Å².